The molecule has 0 spiro atoms. The van der Waals surface area contributed by atoms with Gasteiger partial charge in [-0.3, -0.25) is 24.6 Å². The Morgan fingerprint density at radius 1 is 1.19 bits per heavy atom. The summed E-state index contributed by atoms with van der Waals surface area (Å²) in [6.45, 7) is 3.48. The zero-order valence-corrected chi connectivity index (χ0v) is 15.4. The van der Waals surface area contributed by atoms with Crippen molar-refractivity contribution in [2.45, 2.75) is 20.4 Å². The molecule has 1 fully saturated rings. The second-order valence-corrected chi connectivity index (χ2v) is 7.19. The molecule has 0 radical (unpaired) electrons. The number of thioether (sulfide) groups is 1. The number of amides is 2. The van der Waals surface area contributed by atoms with Crippen LogP contribution in [-0.2, 0) is 11.3 Å². The van der Waals surface area contributed by atoms with Crippen molar-refractivity contribution in [3.63, 3.8) is 0 Å². The van der Waals surface area contributed by atoms with E-state index in [1.165, 1.54) is 18.2 Å². The molecule has 0 unspecified atom stereocenters. The van der Waals surface area contributed by atoms with Crippen molar-refractivity contribution in [2.24, 2.45) is 0 Å². The van der Waals surface area contributed by atoms with Gasteiger partial charge in [-0.2, -0.15) is 0 Å². The molecule has 1 saturated heterocycles. The highest BCUT2D eigenvalue weighted by Crippen LogP contribution is 2.34. The third-order valence-corrected chi connectivity index (χ3v) is 5.05. The molecule has 0 bridgehead atoms. The number of phenolic OH excluding ortho intramolecular Hbond substituents is 1. The molecular formula is C19H16N2O5S. The molecule has 1 aliphatic heterocycles. The van der Waals surface area contributed by atoms with Gasteiger partial charge in [-0.15, -0.1) is 0 Å². The molecule has 7 nitrogen and oxygen atoms in total. The standard InChI is InChI=1S/C19H16N2O5S/c1-11-6-14(7-12(2)17(11)22)9-16-18(23)20(19(24)27-16)10-13-4-3-5-15(8-13)21(25)26/h3-9,22H,10H2,1-2H3/b16-9-. The van der Waals surface area contributed by atoms with E-state index in [2.05, 4.69) is 0 Å². The summed E-state index contributed by atoms with van der Waals surface area (Å²) in [7, 11) is 0. The summed E-state index contributed by atoms with van der Waals surface area (Å²) in [4.78, 5) is 36.6. The van der Waals surface area contributed by atoms with Crippen LogP contribution in [0.5, 0.6) is 5.75 Å². The van der Waals surface area contributed by atoms with Gasteiger partial charge in [-0.1, -0.05) is 12.1 Å². The van der Waals surface area contributed by atoms with E-state index >= 15 is 0 Å². The van der Waals surface area contributed by atoms with Crippen LogP contribution in [0.4, 0.5) is 10.5 Å². The predicted molar refractivity (Wildman–Crippen MR) is 102 cm³/mol. The molecule has 0 saturated carbocycles. The lowest BCUT2D eigenvalue weighted by atomic mass is 10.1. The highest BCUT2D eigenvalue weighted by Gasteiger charge is 2.35. The van der Waals surface area contributed by atoms with Gasteiger partial charge >= 0.3 is 0 Å². The maximum Gasteiger partial charge on any atom is 0.293 e. The zero-order chi connectivity index (χ0) is 19.7. The zero-order valence-electron chi connectivity index (χ0n) is 14.6. The first kappa shape index (κ1) is 18.7. The molecule has 0 aliphatic carbocycles. The second-order valence-electron chi connectivity index (χ2n) is 6.20. The summed E-state index contributed by atoms with van der Waals surface area (Å²) < 4.78 is 0. The molecule has 2 amide bonds. The summed E-state index contributed by atoms with van der Waals surface area (Å²) >= 11 is 0.824. The number of non-ortho nitro benzene ring substituents is 1. The number of imide groups is 1. The summed E-state index contributed by atoms with van der Waals surface area (Å²) in [6.07, 6.45) is 1.61. The summed E-state index contributed by atoms with van der Waals surface area (Å²) in [5.74, 6) is -0.245. The number of carbonyl (C=O) groups is 2. The summed E-state index contributed by atoms with van der Waals surface area (Å²) in [6, 6.07) is 9.32. The van der Waals surface area contributed by atoms with Crippen molar-refractivity contribution in [1.82, 2.24) is 4.90 Å². The van der Waals surface area contributed by atoms with Crippen molar-refractivity contribution in [3.8, 4) is 5.75 Å². The normalized spacial score (nSPS) is 15.6. The fourth-order valence-electron chi connectivity index (χ4n) is 2.81. The number of phenols is 1. The molecule has 0 atom stereocenters. The van der Waals surface area contributed by atoms with Gasteiger partial charge in [0, 0.05) is 12.1 Å². The number of rotatable bonds is 4. The first-order valence-corrected chi connectivity index (χ1v) is 8.87. The highest BCUT2D eigenvalue weighted by molar-refractivity contribution is 8.18. The Bertz CT molecular complexity index is 976. The summed E-state index contributed by atoms with van der Waals surface area (Å²) in [5, 5.41) is 20.3. The third kappa shape index (κ3) is 3.85. The molecule has 1 N–H and O–H groups in total. The van der Waals surface area contributed by atoms with Crippen molar-refractivity contribution >= 4 is 34.7 Å². The van der Waals surface area contributed by atoms with E-state index in [0.29, 0.717) is 22.3 Å². The molecule has 3 rings (SSSR count). The van der Waals surface area contributed by atoms with Crippen LogP contribution in [0.3, 0.4) is 0 Å². The van der Waals surface area contributed by atoms with Gasteiger partial charge in [-0.05, 0) is 66.1 Å². The highest BCUT2D eigenvalue weighted by atomic mass is 32.2. The fourth-order valence-corrected chi connectivity index (χ4v) is 3.65. The van der Waals surface area contributed by atoms with Crippen molar-refractivity contribution in [2.75, 3.05) is 0 Å². The fraction of sp³-hybridized carbons (Fsp3) is 0.158. The molecule has 138 valence electrons. The lowest BCUT2D eigenvalue weighted by Crippen LogP contribution is -2.27. The van der Waals surface area contributed by atoms with Gasteiger partial charge in [0.05, 0.1) is 16.4 Å². The summed E-state index contributed by atoms with van der Waals surface area (Å²) in [5.41, 5.74) is 2.48. The smallest absolute Gasteiger partial charge is 0.293 e. The maximum absolute atomic E-state index is 12.6. The van der Waals surface area contributed by atoms with E-state index in [-0.39, 0.29) is 22.9 Å². The van der Waals surface area contributed by atoms with Crippen molar-refractivity contribution in [3.05, 3.63) is 73.7 Å². The average molecular weight is 384 g/mol. The number of benzene rings is 2. The van der Waals surface area contributed by atoms with Crippen LogP contribution in [-0.4, -0.2) is 26.1 Å². The minimum atomic E-state index is -0.521. The monoisotopic (exact) mass is 384 g/mol. The van der Waals surface area contributed by atoms with Crippen molar-refractivity contribution < 1.29 is 19.6 Å². The Morgan fingerprint density at radius 2 is 1.85 bits per heavy atom. The first-order chi connectivity index (χ1) is 12.8. The van der Waals surface area contributed by atoms with Crippen LogP contribution in [0, 0.1) is 24.0 Å². The Hall–Kier alpha value is -3.13. The van der Waals surface area contributed by atoms with Crippen LogP contribution >= 0.6 is 11.8 Å². The maximum atomic E-state index is 12.6. The molecule has 0 aromatic heterocycles. The number of hydrogen-bond acceptors (Lipinski definition) is 6. The van der Waals surface area contributed by atoms with E-state index in [9.17, 15) is 24.8 Å². The van der Waals surface area contributed by atoms with E-state index in [1.807, 2.05) is 0 Å². The number of aryl methyl sites for hydroxylation is 2. The molecule has 2 aromatic rings. The minimum absolute atomic E-state index is 0.0304. The van der Waals surface area contributed by atoms with Crippen LogP contribution in [0.15, 0.2) is 41.3 Å². The van der Waals surface area contributed by atoms with Crippen molar-refractivity contribution in [1.29, 1.82) is 0 Å². The number of nitrogens with zero attached hydrogens (tertiary/aromatic N) is 2. The van der Waals surface area contributed by atoms with E-state index < -0.39 is 16.1 Å². The Labute approximate surface area is 159 Å². The van der Waals surface area contributed by atoms with Crippen LogP contribution in [0.2, 0.25) is 0 Å². The number of nitro benzene ring substituents is 1. The first-order valence-electron chi connectivity index (χ1n) is 8.05. The largest absolute Gasteiger partial charge is 0.507 e. The quantitative estimate of drug-likeness (QED) is 0.483. The Balaban J connectivity index is 1.85. The van der Waals surface area contributed by atoms with Gasteiger partial charge in [0.15, 0.2) is 0 Å². The molecule has 1 heterocycles. The van der Waals surface area contributed by atoms with E-state index in [1.54, 1.807) is 38.1 Å². The molecule has 2 aromatic carbocycles. The van der Waals surface area contributed by atoms with Gasteiger partial charge in [0.1, 0.15) is 5.75 Å². The molecule has 8 heteroatoms. The second kappa shape index (κ2) is 7.24. The van der Waals surface area contributed by atoms with Gasteiger partial charge in [0.25, 0.3) is 16.8 Å². The van der Waals surface area contributed by atoms with Crippen LogP contribution in [0.1, 0.15) is 22.3 Å². The lowest BCUT2D eigenvalue weighted by molar-refractivity contribution is -0.384. The topological polar surface area (TPSA) is 101 Å². The average Bonchev–Trinajstić information content (AvgIpc) is 2.87. The molecule has 1 aliphatic rings. The third-order valence-electron chi connectivity index (χ3n) is 4.15. The number of hydrogen-bond donors (Lipinski definition) is 1. The minimum Gasteiger partial charge on any atom is -0.507 e. The van der Waals surface area contributed by atoms with E-state index in [0.717, 1.165) is 16.7 Å². The van der Waals surface area contributed by atoms with Gasteiger partial charge in [-0.25, -0.2) is 0 Å². The van der Waals surface area contributed by atoms with Gasteiger partial charge in [0.2, 0.25) is 0 Å². The predicted octanol–water partition coefficient (Wildman–Crippen LogP) is 4.15. The Kier molecular flexibility index (Phi) is 5.00. The number of aromatic hydroxyl groups is 1. The number of carbonyl (C=O) groups excluding carboxylic acids is 2. The number of nitro groups is 1. The SMILES string of the molecule is Cc1cc(/C=C2\SC(=O)N(Cc3cccc([N+](=O)[O-])c3)C2=O)cc(C)c1O. The Morgan fingerprint density at radius 3 is 2.48 bits per heavy atom. The lowest BCUT2D eigenvalue weighted by Gasteiger charge is -2.12. The van der Waals surface area contributed by atoms with Crippen LogP contribution in [0.25, 0.3) is 6.08 Å². The van der Waals surface area contributed by atoms with Crippen LogP contribution < -0.4 is 0 Å². The molecule has 27 heavy (non-hydrogen) atoms. The molecular weight excluding hydrogens is 368 g/mol. The van der Waals surface area contributed by atoms with E-state index in [4.69, 9.17) is 0 Å². The van der Waals surface area contributed by atoms with Gasteiger partial charge < -0.3 is 5.11 Å².